The third-order valence-corrected chi connectivity index (χ3v) is 5.90. The van der Waals surface area contributed by atoms with E-state index in [-0.39, 0.29) is 4.32 Å². The first-order valence-corrected chi connectivity index (χ1v) is 10.4. The van der Waals surface area contributed by atoms with Gasteiger partial charge in [0.25, 0.3) is 5.91 Å². The van der Waals surface area contributed by atoms with E-state index >= 15 is 0 Å². The predicted octanol–water partition coefficient (Wildman–Crippen LogP) is 4.26. The van der Waals surface area contributed by atoms with E-state index in [4.69, 9.17) is 21.7 Å². The molecule has 1 aliphatic heterocycles. The molecule has 0 spiro atoms. The predicted molar refractivity (Wildman–Crippen MR) is 121 cm³/mol. The van der Waals surface area contributed by atoms with E-state index < -0.39 is 17.9 Å². The zero-order chi connectivity index (χ0) is 21.8. The number of carbonyl (C=O) groups is 2. The van der Waals surface area contributed by atoms with Crippen LogP contribution in [-0.2, 0) is 16.2 Å². The van der Waals surface area contributed by atoms with Crippen LogP contribution < -0.4 is 9.47 Å². The van der Waals surface area contributed by atoms with Crippen LogP contribution in [-0.4, -0.2) is 39.4 Å². The number of thiocarbonyl (C=S) groups is 1. The zero-order valence-electron chi connectivity index (χ0n) is 16.7. The quantitative estimate of drug-likeness (QED) is 0.506. The van der Waals surface area contributed by atoms with Gasteiger partial charge in [-0.2, -0.15) is 0 Å². The Hall–Kier alpha value is -2.84. The minimum Gasteiger partial charge on any atom is -0.493 e. The Balaban J connectivity index is 1.77. The summed E-state index contributed by atoms with van der Waals surface area (Å²) in [5.41, 5.74) is 2.95. The average molecular weight is 444 g/mol. The first-order valence-electron chi connectivity index (χ1n) is 9.16. The normalized spacial score (nSPS) is 16.1. The maximum Gasteiger partial charge on any atom is 0.326 e. The third kappa shape index (κ3) is 4.83. The van der Waals surface area contributed by atoms with Crippen LogP contribution in [0.15, 0.2) is 47.4 Å². The van der Waals surface area contributed by atoms with Crippen molar-refractivity contribution in [1.29, 1.82) is 0 Å². The van der Waals surface area contributed by atoms with Gasteiger partial charge in [0.05, 0.1) is 12.0 Å². The number of amides is 1. The number of carboxylic acid groups (broad SMARTS) is 1. The van der Waals surface area contributed by atoms with E-state index in [1.807, 2.05) is 31.2 Å². The summed E-state index contributed by atoms with van der Waals surface area (Å²) in [4.78, 5) is 25.3. The lowest BCUT2D eigenvalue weighted by atomic mass is 10.1. The van der Waals surface area contributed by atoms with Gasteiger partial charge in [-0.3, -0.25) is 9.69 Å². The number of thioether (sulfide) groups is 1. The minimum absolute atomic E-state index is 0.228. The van der Waals surface area contributed by atoms with Crippen LogP contribution in [0.1, 0.15) is 23.6 Å². The summed E-state index contributed by atoms with van der Waals surface area (Å²) in [6.07, 6.45) is 1.67. The van der Waals surface area contributed by atoms with Gasteiger partial charge < -0.3 is 14.6 Å². The Kier molecular flexibility index (Phi) is 6.79. The summed E-state index contributed by atoms with van der Waals surface area (Å²) in [6, 6.07) is 12.4. The van der Waals surface area contributed by atoms with Gasteiger partial charge in [-0.15, -0.1) is 0 Å². The summed E-state index contributed by atoms with van der Waals surface area (Å²) in [6.45, 7) is 3.86. The average Bonchev–Trinajstić information content (AvgIpc) is 3.00. The van der Waals surface area contributed by atoms with Gasteiger partial charge in [-0.25, -0.2) is 4.79 Å². The highest BCUT2D eigenvalue weighted by molar-refractivity contribution is 8.26. The van der Waals surface area contributed by atoms with Gasteiger partial charge in [0.15, 0.2) is 11.5 Å². The van der Waals surface area contributed by atoms with Gasteiger partial charge in [0.2, 0.25) is 0 Å². The van der Waals surface area contributed by atoms with Crippen LogP contribution in [0.25, 0.3) is 6.08 Å². The van der Waals surface area contributed by atoms with Crippen LogP contribution in [0.3, 0.4) is 0 Å². The number of carbonyl (C=O) groups excluding carboxylic acids is 1. The van der Waals surface area contributed by atoms with Crippen LogP contribution >= 0.6 is 24.0 Å². The smallest absolute Gasteiger partial charge is 0.326 e. The Bertz CT molecular complexity index is 1020. The largest absolute Gasteiger partial charge is 0.493 e. The molecule has 1 N–H and O–H groups in total. The third-order valence-electron chi connectivity index (χ3n) is 4.57. The molecule has 0 unspecified atom stereocenters. The molecule has 0 radical (unpaired) electrons. The highest BCUT2D eigenvalue weighted by Crippen LogP contribution is 2.36. The first-order chi connectivity index (χ1) is 14.3. The van der Waals surface area contributed by atoms with Gasteiger partial charge in [-0.1, -0.05) is 59.9 Å². The van der Waals surface area contributed by atoms with E-state index in [9.17, 15) is 14.7 Å². The number of ether oxygens (including phenoxy) is 2. The van der Waals surface area contributed by atoms with Crippen molar-refractivity contribution in [2.45, 2.75) is 26.5 Å². The van der Waals surface area contributed by atoms with Crippen molar-refractivity contribution in [2.24, 2.45) is 0 Å². The lowest BCUT2D eigenvalue weighted by Gasteiger charge is -2.18. The number of carboxylic acids is 1. The van der Waals surface area contributed by atoms with Gasteiger partial charge >= 0.3 is 5.97 Å². The van der Waals surface area contributed by atoms with E-state index in [1.54, 1.807) is 31.4 Å². The molecule has 3 rings (SSSR count). The first kappa shape index (κ1) is 21.9. The second-order valence-corrected chi connectivity index (χ2v) is 8.43. The monoisotopic (exact) mass is 443 g/mol. The molecule has 1 saturated heterocycles. The second kappa shape index (κ2) is 9.32. The van der Waals surface area contributed by atoms with E-state index in [1.165, 1.54) is 12.5 Å². The number of benzene rings is 2. The molecule has 6 nitrogen and oxygen atoms in total. The maximum atomic E-state index is 12.6. The molecule has 0 saturated carbocycles. The van der Waals surface area contributed by atoms with E-state index in [0.717, 1.165) is 27.8 Å². The Morgan fingerprint density at radius 3 is 2.57 bits per heavy atom. The summed E-state index contributed by atoms with van der Waals surface area (Å²) in [5.74, 6) is -0.407. The van der Waals surface area contributed by atoms with Crippen molar-refractivity contribution in [3.8, 4) is 11.5 Å². The highest BCUT2D eigenvalue weighted by Gasteiger charge is 2.38. The van der Waals surface area contributed by atoms with Crippen LogP contribution in [0.4, 0.5) is 0 Å². The molecule has 1 fully saturated rings. The van der Waals surface area contributed by atoms with Crippen LogP contribution in [0.5, 0.6) is 11.5 Å². The number of hydrogen-bond acceptors (Lipinski definition) is 6. The Morgan fingerprint density at radius 1 is 1.23 bits per heavy atom. The molecule has 1 atom stereocenters. The fourth-order valence-corrected chi connectivity index (χ4v) is 4.23. The molecule has 1 amide bonds. The van der Waals surface area contributed by atoms with Crippen molar-refractivity contribution in [3.63, 3.8) is 0 Å². The fourth-order valence-electron chi connectivity index (χ4n) is 2.81. The SMILES string of the molecule is COc1cc(/C=C2\SC(=S)N([C@H](C)C(=O)O)C2=O)ccc1OCc1ccc(C)cc1. The second-order valence-electron chi connectivity index (χ2n) is 6.75. The number of aryl methyl sites for hydroxylation is 1. The Morgan fingerprint density at radius 2 is 1.93 bits per heavy atom. The molecule has 30 heavy (non-hydrogen) atoms. The molecule has 156 valence electrons. The van der Waals surface area contributed by atoms with Crippen LogP contribution in [0, 0.1) is 6.92 Å². The van der Waals surface area contributed by atoms with Crippen molar-refractivity contribution < 1.29 is 24.2 Å². The number of rotatable bonds is 7. The summed E-state index contributed by atoms with van der Waals surface area (Å²) < 4.78 is 11.5. The number of methoxy groups -OCH3 is 1. The molecule has 0 aromatic heterocycles. The van der Waals surface area contributed by atoms with Gasteiger partial charge in [0, 0.05) is 0 Å². The topological polar surface area (TPSA) is 76.1 Å². The van der Waals surface area contributed by atoms with Crippen molar-refractivity contribution >= 4 is 46.3 Å². The van der Waals surface area contributed by atoms with Gasteiger partial charge in [0.1, 0.15) is 17.0 Å². The standard InChI is InChI=1S/C22H21NO5S2/c1-13-4-6-15(7-5-13)12-28-17-9-8-16(10-18(17)27-3)11-19-20(24)23(22(29)30-19)14(2)21(25)26/h4-11,14H,12H2,1-3H3,(H,25,26)/b19-11-/t14-/m1/s1. The maximum absolute atomic E-state index is 12.6. The summed E-state index contributed by atoms with van der Waals surface area (Å²) in [7, 11) is 1.55. The number of aliphatic carboxylic acids is 1. The van der Waals surface area contributed by atoms with E-state index in [2.05, 4.69) is 0 Å². The summed E-state index contributed by atoms with van der Waals surface area (Å²) >= 11 is 6.27. The van der Waals surface area contributed by atoms with Crippen molar-refractivity contribution in [2.75, 3.05) is 7.11 Å². The number of hydrogen-bond donors (Lipinski definition) is 1. The molecule has 0 bridgehead atoms. The molecule has 2 aromatic rings. The Labute approximate surface area is 184 Å². The van der Waals surface area contributed by atoms with Gasteiger partial charge in [-0.05, 0) is 43.2 Å². The molecular formula is C22H21NO5S2. The van der Waals surface area contributed by atoms with E-state index in [0.29, 0.717) is 23.0 Å². The molecule has 1 aliphatic rings. The minimum atomic E-state index is -1.11. The molecule has 2 aromatic carbocycles. The fraction of sp³-hybridized carbons (Fsp3) is 0.227. The van der Waals surface area contributed by atoms with Crippen molar-refractivity contribution in [1.82, 2.24) is 4.90 Å². The molecular weight excluding hydrogens is 422 g/mol. The van der Waals surface area contributed by atoms with Crippen LogP contribution in [0.2, 0.25) is 0 Å². The lowest BCUT2D eigenvalue weighted by molar-refractivity contribution is -0.144. The molecule has 1 heterocycles. The summed E-state index contributed by atoms with van der Waals surface area (Å²) in [5, 5.41) is 9.19. The molecule has 8 heteroatoms. The molecule has 0 aliphatic carbocycles. The van der Waals surface area contributed by atoms with Crippen molar-refractivity contribution in [3.05, 3.63) is 64.1 Å². The number of nitrogens with zero attached hydrogens (tertiary/aromatic N) is 1. The highest BCUT2D eigenvalue weighted by atomic mass is 32.2. The zero-order valence-corrected chi connectivity index (χ0v) is 18.4. The lowest BCUT2D eigenvalue weighted by Crippen LogP contribution is -2.41.